The first kappa shape index (κ1) is 18.5. The number of aliphatic hydroxyl groups excluding tert-OH is 1. The number of allylic oxidation sites excluding steroid dienone is 4. The van der Waals surface area contributed by atoms with Gasteiger partial charge < -0.3 is 10.2 Å². The Balaban J connectivity index is 1.75. The number of benzene rings is 2. The lowest BCUT2D eigenvalue weighted by Gasteiger charge is -2.09. The molecule has 5 rings (SSSR count). The second-order valence-electron chi connectivity index (χ2n) is 6.95. The highest BCUT2D eigenvalue weighted by atomic mass is 16.3. The second-order valence-corrected chi connectivity index (χ2v) is 6.95. The number of rotatable bonds is 3. The average Bonchev–Trinajstić information content (AvgIpc) is 3.10. The van der Waals surface area contributed by atoms with Crippen LogP contribution in [0.5, 0.6) is 5.88 Å². The molecule has 2 heterocycles. The number of hydrogen-bond donors (Lipinski definition) is 2. The van der Waals surface area contributed by atoms with E-state index in [1.165, 1.54) is 16.7 Å². The molecule has 2 aromatic heterocycles. The van der Waals surface area contributed by atoms with E-state index in [1.54, 1.807) is 12.2 Å². The van der Waals surface area contributed by atoms with E-state index >= 15 is 0 Å². The molecule has 4 aromatic rings. The van der Waals surface area contributed by atoms with Crippen molar-refractivity contribution in [2.24, 2.45) is 0 Å². The topological polar surface area (TPSA) is 101 Å². The van der Waals surface area contributed by atoms with Crippen molar-refractivity contribution in [3.8, 4) is 28.4 Å². The van der Waals surface area contributed by atoms with Gasteiger partial charge in [0.2, 0.25) is 11.7 Å². The van der Waals surface area contributed by atoms with Crippen molar-refractivity contribution in [1.82, 2.24) is 19.6 Å². The molecule has 0 bridgehead atoms. The Morgan fingerprint density at radius 1 is 0.806 bits per heavy atom. The Labute approximate surface area is 177 Å². The van der Waals surface area contributed by atoms with Crippen LogP contribution in [0, 0.1) is 0 Å². The van der Waals surface area contributed by atoms with Crippen LogP contribution in [0.25, 0.3) is 34.4 Å². The molecule has 7 heteroatoms. The predicted molar refractivity (Wildman–Crippen MR) is 116 cm³/mol. The molecule has 0 unspecified atom stereocenters. The number of ketones is 1. The van der Waals surface area contributed by atoms with Gasteiger partial charge in [-0.3, -0.25) is 4.79 Å². The summed E-state index contributed by atoms with van der Waals surface area (Å²) in [6.45, 7) is 0. The molecule has 1 aliphatic rings. The first-order valence-electron chi connectivity index (χ1n) is 9.55. The summed E-state index contributed by atoms with van der Waals surface area (Å²) >= 11 is 0. The minimum atomic E-state index is -0.474. The van der Waals surface area contributed by atoms with Gasteiger partial charge in [0, 0.05) is 11.1 Å². The minimum Gasteiger partial charge on any atom is -0.504 e. The molecule has 2 N–H and O–H groups in total. The second kappa shape index (κ2) is 7.38. The van der Waals surface area contributed by atoms with E-state index in [-0.39, 0.29) is 23.1 Å². The normalized spacial score (nSPS) is 14.9. The van der Waals surface area contributed by atoms with Crippen LogP contribution in [-0.2, 0) is 4.79 Å². The highest BCUT2D eigenvalue weighted by Crippen LogP contribution is 2.31. The van der Waals surface area contributed by atoms with Crippen molar-refractivity contribution < 1.29 is 15.0 Å². The van der Waals surface area contributed by atoms with Crippen LogP contribution < -0.4 is 0 Å². The third-order valence-electron chi connectivity index (χ3n) is 4.87. The van der Waals surface area contributed by atoms with Gasteiger partial charge in [-0.2, -0.15) is 14.6 Å². The van der Waals surface area contributed by atoms with E-state index in [2.05, 4.69) is 9.97 Å². The maximum Gasteiger partial charge on any atom is 0.255 e. The Bertz CT molecular complexity index is 1400. The number of aromatic nitrogens is 4. The standard InChI is InChI=1S/C24H16N4O3/c29-19-12-11-15(14-20(19)30)13-18-23(31)26-24-25-21(16-7-3-1-4-8-16)22(27-28(18)24)17-9-5-2-6-10-17/h1-14,30-31H/b15-13+. The third kappa shape index (κ3) is 3.38. The summed E-state index contributed by atoms with van der Waals surface area (Å²) in [6.07, 6.45) is 5.71. The van der Waals surface area contributed by atoms with Gasteiger partial charge in [-0.15, -0.1) is 0 Å². The quantitative estimate of drug-likeness (QED) is 0.529. The van der Waals surface area contributed by atoms with Crippen molar-refractivity contribution in [3.63, 3.8) is 0 Å². The van der Waals surface area contributed by atoms with Gasteiger partial charge >= 0.3 is 0 Å². The highest BCUT2D eigenvalue weighted by molar-refractivity contribution is 6.04. The maximum atomic E-state index is 11.5. The van der Waals surface area contributed by atoms with E-state index in [0.717, 1.165) is 11.1 Å². The molecule has 0 amide bonds. The molecule has 0 saturated carbocycles. The van der Waals surface area contributed by atoms with E-state index in [9.17, 15) is 15.0 Å². The summed E-state index contributed by atoms with van der Waals surface area (Å²) in [6, 6.07) is 19.3. The zero-order chi connectivity index (χ0) is 21.4. The summed E-state index contributed by atoms with van der Waals surface area (Å²) in [5.41, 5.74) is 3.82. The van der Waals surface area contributed by atoms with E-state index in [0.29, 0.717) is 17.0 Å². The fraction of sp³-hybridized carbons (Fsp3) is 0. The van der Waals surface area contributed by atoms with Crippen molar-refractivity contribution >= 4 is 17.6 Å². The Hall–Kier alpha value is -4.52. The number of carbonyl (C=O) groups is 1. The molecule has 31 heavy (non-hydrogen) atoms. The monoisotopic (exact) mass is 408 g/mol. The molecule has 0 spiro atoms. The number of hydrogen-bond acceptors (Lipinski definition) is 6. The van der Waals surface area contributed by atoms with Crippen molar-refractivity contribution in [3.05, 3.63) is 95.9 Å². The Morgan fingerprint density at radius 3 is 2.10 bits per heavy atom. The Morgan fingerprint density at radius 2 is 1.45 bits per heavy atom. The largest absolute Gasteiger partial charge is 0.504 e. The summed E-state index contributed by atoms with van der Waals surface area (Å²) in [4.78, 5) is 20.3. The van der Waals surface area contributed by atoms with Gasteiger partial charge in [0.05, 0.1) is 0 Å². The molecule has 150 valence electrons. The molecule has 0 saturated heterocycles. The van der Waals surface area contributed by atoms with Crippen LogP contribution >= 0.6 is 0 Å². The van der Waals surface area contributed by atoms with Crippen LogP contribution in [0.4, 0.5) is 0 Å². The molecule has 0 radical (unpaired) electrons. The fourth-order valence-electron chi connectivity index (χ4n) is 3.37. The van der Waals surface area contributed by atoms with E-state index < -0.39 is 5.78 Å². The van der Waals surface area contributed by atoms with Crippen molar-refractivity contribution in [2.45, 2.75) is 0 Å². The molecular weight excluding hydrogens is 392 g/mol. The number of carbonyl (C=O) groups excluding carboxylic acids is 1. The molecule has 2 aromatic carbocycles. The average molecular weight is 408 g/mol. The maximum absolute atomic E-state index is 11.5. The van der Waals surface area contributed by atoms with Crippen LogP contribution in [0.15, 0.2) is 90.2 Å². The third-order valence-corrected chi connectivity index (χ3v) is 4.87. The summed E-state index contributed by atoms with van der Waals surface area (Å²) in [7, 11) is 0. The van der Waals surface area contributed by atoms with Gasteiger partial charge in [0.1, 0.15) is 17.1 Å². The van der Waals surface area contributed by atoms with Crippen LogP contribution in [0.2, 0.25) is 0 Å². The van der Waals surface area contributed by atoms with Crippen LogP contribution in [0.1, 0.15) is 5.69 Å². The van der Waals surface area contributed by atoms with Crippen LogP contribution in [0.3, 0.4) is 0 Å². The summed E-state index contributed by atoms with van der Waals surface area (Å²) < 4.78 is 1.45. The molecule has 7 nitrogen and oxygen atoms in total. The molecule has 0 aliphatic heterocycles. The van der Waals surface area contributed by atoms with Gasteiger partial charge in [-0.05, 0) is 23.8 Å². The SMILES string of the molecule is O=C1C=C/C(=C\c2c(O)nc3nc(-c4ccccc4)c(-c4ccccc4)nn23)C=C1O. The lowest BCUT2D eigenvalue weighted by atomic mass is 10.0. The van der Waals surface area contributed by atoms with Gasteiger partial charge in [-0.1, -0.05) is 66.7 Å². The first-order chi connectivity index (χ1) is 15.1. The summed E-state index contributed by atoms with van der Waals surface area (Å²) in [5.74, 6) is -0.871. The molecule has 0 fully saturated rings. The number of imidazole rings is 1. The van der Waals surface area contributed by atoms with Gasteiger partial charge in [0.25, 0.3) is 5.78 Å². The lowest BCUT2D eigenvalue weighted by Crippen LogP contribution is -2.04. The number of fused-ring (bicyclic) bond motifs is 1. The smallest absolute Gasteiger partial charge is 0.255 e. The number of nitrogens with zero attached hydrogens (tertiary/aromatic N) is 4. The fourth-order valence-corrected chi connectivity index (χ4v) is 3.37. The number of aromatic hydroxyl groups is 1. The zero-order valence-corrected chi connectivity index (χ0v) is 16.2. The van der Waals surface area contributed by atoms with Gasteiger partial charge in [-0.25, -0.2) is 4.98 Å². The molecular formula is C24H16N4O3. The van der Waals surface area contributed by atoms with Gasteiger partial charge in [0.15, 0.2) is 5.76 Å². The molecule has 1 aliphatic carbocycles. The van der Waals surface area contributed by atoms with E-state index in [1.807, 2.05) is 60.7 Å². The first-order valence-corrected chi connectivity index (χ1v) is 9.55. The zero-order valence-electron chi connectivity index (χ0n) is 16.2. The Kier molecular flexibility index (Phi) is 4.41. The highest BCUT2D eigenvalue weighted by Gasteiger charge is 2.19. The lowest BCUT2D eigenvalue weighted by molar-refractivity contribution is -0.113. The van der Waals surface area contributed by atoms with Crippen molar-refractivity contribution in [1.29, 1.82) is 0 Å². The van der Waals surface area contributed by atoms with Crippen LogP contribution in [-0.4, -0.2) is 35.6 Å². The minimum absolute atomic E-state index is 0.229. The van der Waals surface area contributed by atoms with Crippen molar-refractivity contribution in [2.75, 3.05) is 0 Å². The number of aliphatic hydroxyl groups is 1. The van der Waals surface area contributed by atoms with E-state index in [4.69, 9.17) is 5.10 Å². The molecule has 0 atom stereocenters. The predicted octanol–water partition coefficient (Wildman–Crippen LogP) is 4.13. The summed E-state index contributed by atoms with van der Waals surface area (Å²) in [5, 5.41) is 25.0.